The zero-order chi connectivity index (χ0) is 10.9. The van der Waals surface area contributed by atoms with E-state index in [9.17, 15) is 0 Å². The van der Waals surface area contributed by atoms with Gasteiger partial charge in [-0.3, -0.25) is 10.2 Å². The summed E-state index contributed by atoms with van der Waals surface area (Å²) in [4.78, 5) is 2.62. The molecule has 2 aliphatic rings. The summed E-state index contributed by atoms with van der Waals surface area (Å²) in [6, 6.07) is 1.38. The van der Waals surface area contributed by atoms with Crippen LogP contribution in [0, 0.1) is 0 Å². The molecule has 0 saturated carbocycles. The van der Waals surface area contributed by atoms with Crippen molar-refractivity contribution in [2.45, 2.75) is 57.8 Å². The fourth-order valence-electron chi connectivity index (χ4n) is 2.98. The lowest BCUT2D eigenvalue weighted by atomic mass is 10.0. The highest BCUT2D eigenvalue weighted by Crippen LogP contribution is 2.28. The molecule has 2 heterocycles. The van der Waals surface area contributed by atoms with Crippen LogP contribution in [-0.2, 0) is 4.74 Å². The molecule has 1 N–H and O–H groups in total. The predicted octanol–water partition coefficient (Wildman–Crippen LogP) is 1.59. The van der Waals surface area contributed by atoms with Crippen molar-refractivity contribution in [1.29, 1.82) is 0 Å². The van der Waals surface area contributed by atoms with E-state index in [1.807, 2.05) is 0 Å². The number of hydrogen-bond donors (Lipinski definition) is 1. The first-order chi connectivity index (χ1) is 7.11. The summed E-state index contributed by atoms with van der Waals surface area (Å²) in [5, 5.41) is 3.47. The Kier molecular flexibility index (Phi) is 3.33. The molecule has 3 nitrogen and oxygen atoms in total. The molecule has 0 spiro atoms. The van der Waals surface area contributed by atoms with E-state index in [1.54, 1.807) is 0 Å². The van der Waals surface area contributed by atoms with Gasteiger partial charge in [-0.25, -0.2) is 0 Å². The molecule has 2 fully saturated rings. The zero-order valence-corrected chi connectivity index (χ0v) is 10.3. The second-order valence-electron chi connectivity index (χ2n) is 5.34. The largest absolute Gasteiger partial charge is 0.360 e. The van der Waals surface area contributed by atoms with Gasteiger partial charge in [-0.05, 0) is 40.2 Å². The molecule has 2 atom stereocenters. The van der Waals surface area contributed by atoms with Gasteiger partial charge in [-0.1, -0.05) is 0 Å². The van der Waals surface area contributed by atoms with E-state index >= 15 is 0 Å². The number of ether oxygens (including phenoxy) is 1. The van der Waals surface area contributed by atoms with E-state index < -0.39 is 0 Å². The minimum Gasteiger partial charge on any atom is -0.360 e. The molecular formula is C12H24N2O. The summed E-state index contributed by atoms with van der Waals surface area (Å²) in [5.74, 6) is 0. The first kappa shape index (κ1) is 11.4. The van der Waals surface area contributed by atoms with E-state index in [1.165, 1.54) is 19.4 Å². The minimum absolute atomic E-state index is 0.0673. The molecule has 0 bridgehead atoms. The van der Waals surface area contributed by atoms with Gasteiger partial charge in [0, 0.05) is 25.0 Å². The van der Waals surface area contributed by atoms with Crippen molar-refractivity contribution in [3.63, 3.8) is 0 Å². The molecule has 0 aromatic heterocycles. The van der Waals surface area contributed by atoms with Crippen molar-refractivity contribution >= 4 is 0 Å². The average molecular weight is 212 g/mol. The monoisotopic (exact) mass is 212 g/mol. The Hall–Kier alpha value is -0.120. The lowest BCUT2D eigenvalue weighted by Crippen LogP contribution is -2.46. The Morgan fingerprint density at radius 2 is 2.33 bits per heavy atom. The Bertz CT molecular complexity index is 212. The second kappa shape index (κ2) is 4.40. The number of likely N-dealkylation sites (tertiary alicyclic amines) is 1. The van der Waals surface area contributed by atoms with Crippen molar-refractivity contribution in [2.75, 3.05) is 19.7 Å². The molecule has 2 saturated heterocycles. The molecule has 0 aliphatic carbocycles. The van der Waals surface area contributed by atoms with Crippen LogP contribution in [0.4, 0.5) is 0 Å². The van der Waals surface area contributed by atoms with Gasteiger partial charge in [0.05, 0.1) is 6.61 Å². The van der Waals surface area contributed by atoms with Crippen LogP contribution in [-0.4, -0.2) is 42.4 Å². The summed E-state index contributed by atoms with van der Waals surface area (Å²) in [7, 11) is 0. The first-order valence-corrected chi connectivity index (χ1v) is 6.25. The lowest BCUT2D eigenvalue weighted by molar-refractivity contribution is -0.0205. The van der Waals surface area contributed by atoms with Gasteiger partial charge in [0.1, 0.15) is 5.72 Å². The van der Waals surface area contributed by atoms with E-state index in [2.05, 4.69) is 31.0 Å². The number of nitrogens with zero attached hydrogens (tertiary/aromatic N) is 1. The summed E-state index contributed by atoms with van der Waals surface area (Å²) in [6.07, 6.45) is 3.81. The first-order valence-electron chi connectivity index (χ1n) is 6.25. The molecule has 3 heteroatoms. The molecule has 0 radical (unpaired) electrons. The van der Waals surface area contributed by atoms with E-state index in [4.69, 9.17) is 4.74 Å². The second-order valence-corrected chi connectivity index (χ2v) is 5.34. The van der Waals surface area contributed by atoms with Crippen LogP contribution in [0.15, 0.2) is 0 Å². The van der Waals surface area contributed by atoms with Gasteiger partial charge in [0.15, 0.2) is 0 Å². The summed E-state index contributed by atoms with van der Waals surface area (Å²) < 4.78 is 5.79. The van der Waals surface area contributed by atoms with E-state index in [0.717, 1.165) is 19.6 Å². The fourth-order valence-corrected chi connectivity index (χ4v) is 2.98. The molecule has 0 amide bonds. The van der Waals surface area contributed by atoms with Crippen molar-refractivity contribution in [3.05, 3.63) is 0 Å². The van der Waals surface area contributed by atoms with Crippen molar-refractivity contribution in [3.8, 4) is 0 Å². The maximum atomic E-state index is 5.79. The van der Waals surface area contributed by atoms with Crippen molar-refractivity contribution < 1.29 is 4.74 Å². The van der Waals surface area contributed by atoms with E-state index in [-0.39, 0.29) is 5.72 Å². The summed E-state index contributed by atoms with van der Waals surface area (Å²) >= 11 is 0. The smallest absolute Gasteiger partial charge is 0.118 e. The molecular weight excluding hydrogens is 188 g/mol. The Morgan fingerprint density at radius 1 is 1.53 bits per heavy atom. The molecule has 0 aromatic rings. The number of hydrogen-bond acceptors (Lipinski definition) is 3. The average Bonchev–Trinajstić information content (AvgIpc) is 2.75. The Labute approximate surface area is 93.2 Å². The van der Waals surface area contributed by atoms with Gasteiger partial charge >= 0.3 is 0 Å². The van der Waals surface area contributed by atoms with Crippen LogP contribution in [0.2, 0.25) is 0 Å². The van der Waals surface area contributed by atoms with Crippen LogP contribution in [0.1, 0.15) is 40.0 Å². The molecule has 0 aromatic carbocycles. The van der Waals surface area contributed by atoms with Crippen molar-refractivity contribution in [2.24, 2.45) is 0 Å². The Balaban J connectivity index is 1.92. The van der Waals surface area contributed by atoms with Gasteiger partial charge in [0.2, 0.25) is 0 Å². The summed E-state index contributed by atoms with van der Waals surface area (Å²) in [5.41, 5.74) is -0.0673. The summed E-state index contributed by atoms with van der Waals surface area (Å²) in [6.45, 7) is 9.91. The van der Waals surface area contributed by atoms with Crippen molar-refractivity contribution in [1.82, 2.24) is 10.2 Å². The van der Waals surface area contributed by atoms with Crippen LogP contribution >= 0.6 is 0 Å². The molecule has 2 unspecified atom stereocenters. The normalized spacial score (nSPS) is 38.0. The van der Waals surface area contributed by atoms with Gasteiger partial charge < -0.3 is 4.74 Å². The fraction of sp³-hybridized carbons (Fsp3) is 1.00. The molecule has 15 heavy (non-hydrogen) atoms. The predicted molar refractivity (Wildman–Crippen MR) is 61.8 cm³/mol. The third kappa shape index (κ3) is 2.52. The van der Waals surface area contributed by atoms with Crippen LogP contribution in [0.5, 0.6) is 0 Å². The molecule has 88 valence electrons. The highest BCUT2D eigenvalue weighted by Gasteiger charge is 2.36. The zero-order valence-electron chi connectivity index (χ0n) is 10.3. The van der Waals surface area contributed by atoms with Crippen LogP contribution in [0.3, 0.4) is 0 Å². The highest BCUT2D eigenvalue weighted by molar-refractivity contribution is 4.89. The van der Waals surface area contributed by atoms with Gasteiger partial charge in [0.25, 0.3) is 0 Å². The van der Waals surface area contributed by atoms with Gasteiger partial charge in [-0.15, -0.1) is 0 Å². The maximum absolute atomic E-state index is 5.79. The maximum Gasteiger partial charge on any atom is 0.118 e. The Morgan fingerprint density at radius 3 is 2.93 bits per heavy atom. The number of rotatable bonds is 3. The van der Waals surface area contributed by atoms with Gasteiger partial charge in [-0.2, -0.15) is 0 Å². The third-order valence-corrected chi connectivity index (χ3v) is 3.73. The molecule has 2 aliphatic heterocycles. The third-order valence-electron chi connectivity index (χ3n) is 3.73. The highest BCUT2D eigenvalue weighted by atomic mass is 16.5. The standard InChI is InChI=1S/C12H24N2O/c1-10(2)14-7-4-5-11(14)9-12(3)13-6-8-15-12/h10-11,13H,4-9H2,1-3H3. The van der Waals surface area contributed by atoms with Crippen LogP contribution in [0.25, 0.3) is 0 Å². The minimum atomic E-state index is -0.0673. The quantitative estimate of drug-likeness (QED) is 0.769. The topological polar surface area (TPSA) is 24.5 Å². The molecule has 2 rings (SSSR count). The van der Waals surface area contributed by atoms with Crippen LogP contribution < -0.4 is 5.32 Å². The lowest BCUT2D eigenvalue weighted by Gasteiger charge is -2.34. The van der Waals surface area contributed by atoms with E-state index in [0.29, 0.717) is 12.1 Å². The SMILES string of the molecule is CC(C)N1CCCC1CC1(C)NCCO1. The number of nitrogens with one attached hydrogen (secondary N) is 1.